The van der Waals surface area contributed by atoms with Crippen molar-refractivity contribution in [2.24, 2.45) is 0 Å². The number of methoxy groups -OCH3 is 1. The first-order chi connectivity index (χ1) is 12.9. The first-order valence-electron chi connectivity index (χ1n) is 8.77. The van der Waals surface area contributed by atoms with Gasteiger partial charge in [-0.1, -0.05) is 18.2 Å². The van der Waals surface area contributed by atoms with Crippen molar-refractivity contribution in [1.29, 1.82) is 0 Å². The minimum atomic E-state index is -3.63. The van der Waals surface area contributed by atoms with Crippen molar-refractivity contribution in [2.75, 3.05) is 32.1 Å². The molecule has 0 atom stereocenters. The summed E-state index contributed by atoms with van der Waals surface area (Å²) < 4.78 is 30.9. The lowest BCUT2D eigenvalue weighted by atomic mass is 10.1. The van der Waals surface area contributed by atoms with Gasteiger partial charge in [0.2, 0.25) is 15.7 Å². The summed E-state index contributed by atoms with van der Waals surface area (Å²) in [5, 5.41) is 5.84. The maximum Gasteiger partial charge on any atom is 0.239 e. The van der Waals surface area contributed by atoms with Gasteiger partial charge >= 0.3 is 0 Å². The van der Waals surface area contributed by atoms with Crippen LogP contribution in [0.1, 0.15) is 17.5 Å². The molecule has 0 aliphatic carbocycles. The molecule has 0 bridgehead atoms. The second kappa shape index (κ2) is 9.53. The first kappa shape index (κ1) is 20.9. The zero-order chi connectivity index (χ0) is 19.9. The van der Waals surface area contributed by atoms with Crippen molar-refractivity contribution in [3.63, 3.8) is 0 Å². The third-order valence-corrected chi connectivity index (χ3v) is 6.03. The van der Waals surface area contributed by atoms with E-state index in [0.717, 1.165) is 12.0 Å². The largest absolute Gasteiger partial charge is 0.385 e. The zero-order valence-corrected chi connectivity index (χ0v) is 16.7. The second-order valence-corrected chi connectivity index (χ2v) is 8.22. The summed E-state index contributed by atoms with van der Waals surface area (Å²) >= 11 is 0. The number of benzene rings is 2. The van der Waals surface area contributed by atoms with Gasteiger partial charge in [0.25, 0.3) is 0 Å². The lowest BCUT2D eigenvalue weighted by Gasteiger charge is -2.15. The Morgan fingerprint density at radius 2 is 1.81 bits per heavy atom. The summed E-state index contributed by atoms with van der Waals surface area (Å²) in [5.74, 6) is -0.153. The van der Waals surface area contributed by atoms with Crippen LogP contribution in [-0.4, -0.2) is 41.1 Å². The number of carbonyl (C=O) groups excluding carboxylic acids is 1. The highest BCUT2D eigenvalue weighted by Gasteiger charge is 2.21. The highest BCUT2D eigenvalue weighted by Crippen LogP contribution is 2.29. The highest BCUT2D eigenvalue weighted by atomic mass is 32.2. The van der Waals surface area contributed by atoms with Crippen LogP contribution >= 0.6 is 0 Å². The Hall–Kier alpha value is -2.38. The van der Waals surface area contributed by atoms with Crippen LogP contribution in [0, 0.1) is 13.8 Å². The smallest absolute Gasteiger partial charge is 0.239 e. The summed E-state index contributed by atoms with van der Waals surface area (Å²) in [4.78, 5) is 12.4. The van der Waals surface area contributed by atoms with E-state index in [1.165, 1.54) is 0 Å². The van der Waals surface area contributed by atoms with Crippen molar-refractivity contribution in [2.45, 2.75) is 30.1 Å². The number of ether oxygens (including phenoxy) is 1. The number of hydrogen-bond acceptors (Lipinski definition) is 5. The van der Waals surface area contributed by atoms with Crippen molar-refractivity contribution < 1.29 is 17.9 Å². The van der Waals surface area contributed by atoms with Gasteiger partial charge in [0.05, 0.1) is 16.3 Å². The average Bonchev–Trinajstić information content (AvgIpc) is 2.66. The van der Waals surface area contributed by atoms with Crippen molar-refractivity contribution in [1.82, 2.24) is 5.32 Å². The molecule has 2 N–H and O–H groups in total. The number of amides is 1. The maximum atomic E-state index is 13.0. The Bertz CT molecular complexity index is 880. The summed E-state index contributed by atoms with van der Waals surface area (Å²) in [6.45, 7) is 4.77. The van der Waals surface area contributed by atoms with Gasteiger partial charge in [-0.15, -0.1) is 0 Å². The predicted molar refractivity (Wildman–Crippen MR) is 106 cm³/mol. The third-order valence-electron chi connectivity index (χ3n) is 4.13. The van der Waals surface area contributed by atoms with E-state index in [1.54, 1.807) is 50.4 Å². The predicted octanol–water partition coefficient (Wildman–Crippen LogP) is 2.70. The van der Waals surface area contributed by atoms with Gasteiger partial charge in [-0.05, 0) is 55.7 Å². The number of rotatable bonds is 9. The molecule has 2 rings (SSSR count). The molecule has 7 heteroatoms. The van der Waals surface area contributed by atoms with Gasteiger partial charge in [0, 0.05) is 25.9 Å². The second-order valence-electron chi connectivity index (χ2n) is 6.30. The maximum absolute atomic E-state index is 13.0. The zero-order valence-electron chi connectivity index (χ0n) is 15.9. The summed E-state index contributed by atoms with van der Waals surface area (Å²) in [6, 6.07) is 11.8. The number of sulfone groups is 1. The molecule has 0 fully saturated rings. The Morgan fingerprint density at radius 1 is 1.11 bits per heavy atom. The molecular weight excluding hydrogens is 364 g/mol. The summed E-state index contributed by atoms with van der Waals surface area (Å²) in [7, 11) is -2.01. The number of hydrogen-bond donors (Lipinski definition) is 2. The monoisotopic (exact) mass is 390 g/mol. The molecule has 2 aromatic rings. The molecule has 0 unspecified atom stereocenters. The molecule has 0 aliphatic heterocycles. The van der Waals surface area contributed by atoms with Crippen LogP contribution in [0.15, 0.2) is 52.3 Å². The molecule has 27 heavy (non-hydrogen) atoms. The Labute approximate surface area is 160 Å². The molecule has 0 saturated carbocycles. The number of carbonyl (C=O) groups is 1. The minimum absolute atomic E-state index is 0.0715. The summed E-state index contributed by atoms with van der Waals surface area (Å²) in [6.07, 6.45) is 0.741. The molecule has 0 spiro atoms. The fourth-order valence-corrected chi connectivity index (χ4v) is 4.32. The Balaban J connectivity index is 2.17. The summed E-state index contributed by atoms with van der Waals surface area (Å²) in [5.41, 5.74) is 2.03. The van der Waals surface area contributed by atoms with Crippen LogP contribution < -0.4 is 10.6 Å². The molecule has 0 aliphatic rings. The van der Waals surface area contributed by atoms with Crippen LogP contribution in [0.4, 0.5) is 5.69 Å². The van der Waals surface area contributed by atoms with Gasteiger partial charge in [-0.25, -0.2) is 8.42 Å². The fraction of sp³-hybridized carbons (Fsp3) is 0.350. The van der Waals surface area contributed by atoms with Crippen LogP contribution in [0.5, 0.6) is 0 Å². The van der Waals surface area contributed by atoms with Gasteiger partial charge in [-0.2, -0.15) is 0 Å². The minimum Gasteiger partial charge on any atom is -0.385 e. The van der Waals surface area contributed by atoms with Crippen LogP contribution in [0.2, 0.25) is 0 Å². The van der Waals surface area contributed by atoms with E-state index in [4.69, 9.17) is 4.74 Å². The molecule has 2 aromatic carbocycles. The number of nitrogens with one attached hydrogen (secondary N) is 2. The topological polar surface area (TPSA) is 84.5 Å². The van der Waals surface area contributed by atoms with Crippen LogP contribution in [-0.2, 0) is 19.4 Å². The van der Waals surface area contributed by atoms with Crippen LogP contribution in [0.25, 0.3) is 0 Å². The number of aryl methyl sites for hydroxylation is 1. The van der Waals surface area contributed by atoms with E-state index in [2.05, 4.69) is 10.6 Å². The molecule has 0 radical (unpaired) electrons. The van der Waals surface area contributed by atoms with Crippen molar-refractivity contribution >= 4 is 21.4 Å². The molecule has 6 nitrogen and oxygen atoms in total. The fourth-order valence-electron chi connectivity index (χ4n) is 2.70. The number of anilines is 1. The van der Waals surface area contributed by atoms with E-state index in [1.807, 2.05) is 13.0 Å². The first-order valence-corrected chi connectivity index (χ1v) is 10.3. The molecule has 146 valence electrons. The SMILES string of the molecule is COCCCNC(=O)CNc1cc(C)cc(S(=O)(=O)c2ccccc2)c1C. The molecule has 0 aromatic heterocycles. The Morgan fingerprint density at radius 3 is 2.48 bits per heavy atom. The Kier molecular flexibility index (Phi) is 7.38. The third kappa shape index (κ3) is 5.55. The lowest BCUT2D eigenvalue weighted by Crippen LogP contribution is -2.31. The van der Waals surface area contributed by atoms with E-state index >= 15 is 0 Å². The van der Waals surface area contributed by atoms with Crippen LogP contribution in [0.3, 0.4) is 0 Å². The van der Waals surface area contributed by atoms with Gasteiger partial charge in [0.1, 0.15) is 0 Å². The van der Waals surface area contributed by atoms with Gasteiger partial charge in [-0.3, -0.25) is 4.79 Å². The molecular formula is C20H26N2O4S. The van der Waals surface area contributed by atoms with E-state index in [0.29, 0.717) is 24.4 Å². The van der Waals surface area contributed by atoms with E-state index in [9.17, 15) is 13.2 Å². The quantitative estimate of drug-likeness (QED) is 0.643. The van der Waals surface area contributed by atoms with Gasteiger partial charge in [0.15, 0.2) is 0 Å². The van der Waals surface area contributed by atoms with Gasteiger partial charge < -0.3 is 15.4 Å². The van der Waals surface area contributed by atoms with Crippen molar-refractivity contribution in [3.05, 3.63) is 53.6 Å². The average molecular weight is 391 g/mol. The molecule has 0 heterocycles. The normalized spacial score (nSPS) is 11.2. The highest BCUT2D eigenvalue weighted by molar-refractivity contribution is 7.91. The van der Waals surface area contributed by atoms with Crippen molar-refractivity contribution in [3.8, 4) is 0 Å². The van der Waals surface area contributed by atoms with E-state index < -0.39 is 9.84 Å². The molecule has 0 saturated heterocycles. The molecule has 1 amide bonds. The van der Waals surface area contributed by atoms with E-state index in [-0.39, 0.29) is 22.2 Å². The standard InChI is InChI=1S/C20H26N2O4S/c1-15-12-18(22-14-20(23)21-10-7-11-26-3)16(2)19(13-15)27(24,25)17-8-5-4-6-9-17/h4-6,8-9,12-13,22H,7,10-11,14H2,1-3H3,(H,21,23). The lowest BCUT2D eigenvalue weighted by molar-refractivity contribution is -0.119.